The Morgan fingerprint density at radius 2 is 1.92 bits per heavy atom. The zero-order chi connectivity index (χ0) is 16.8. The summed E-state index contributed by atoms with van der Waals surface area (Å²) in [5.41, 5.74) is 1.28. The summed E-state index contributed by atoms with van der Waals surface area (Å²) in [4.78, 5) is 12.2. The number of carbonyl (C=O) groups excluding carboxylic acids is 1. The third kappa shape index (κ3) is 4.57. The highest BCUT2D eigenvalue weighted by Gasteiger charge is 2.21. The maximum absolute atomic E-state index is 12.2. The first-order valence-corrected chi connectivity index (χ1v) is 9.17. The molecule has 0 aliphatic carbocycles. The molecular weight excluding hydrogens is 296 g/mol. The van der Waals surface area contributed by atoms with Crippen LogP contribution < -0.4 is 10.6 Å². The molecule has 1 amide bonds. The fraction of sp³-hybridized carbons (Fsp3) is 0.476. The lowest BCUT2D eigenvalue weighted by atomic mass is 9.84. The van der Waals surface area contributed by atoms with E-state index in [4.69, 9.17) is 0 Å². The highest BCUT2D eigenvalue weighted by atomic mass is 16.1. The first-order chi connectivity index (χ1) is 11.7. The summed E-state index contributed by atoms with van der Waals surface area (Å²) in [6.45, 7) is 5.13. The Hall–Kier alpha value is -1.87. The molecule has 1 aliphatic rings. The van der Waals surface area contributed by atoms with Crippen LogP contribution in [-0.4, -0.2) is 25.5 Å². The Labute approximate surface area is 144 Å². The van der Waals surface area contributed by atoms with Gasteiger partial charge in [0.15, 0.2) is 0 Å². The second kappa shape index (κ2) is 8.29. The molecule has 3 rings (SSSR count). The Bertz CT molecular complexity index is 676. The third-order valence-electron chi connectivity index (χ3n) is 5.25. The van der Waals surface area contributed by atoms with Gasteiger partial charge in [-0.25, -0.2) is 0 Å². The Balaban J connectivity index is 1.43. The van der Waals surface area contributed by atoms with Gasteiger partial charge >= 0.3 is 0 Å². The molecule has 0 aromatic heterocycles. The van der Waals surface area contributed by atoms with Gasteiger partial charge in [0.25, 0.3) is 0 Å². The van der Waals surface area contributed by atoms with Crippen molar-refractivity contribution in [3.05, 3.63) is 48.0 Å². The number of rotatable bonds is 6. The maximum atomic E-state index is 12.2. The van der Waals surface area contributed by atoms with Crippen LogP contribution in [0.4, 0.5) is 0 Å². The number of piperidine rings is 1. The Morgan fingerprint density at radius 1 is 1.17 bits per heavy atom. The lowest BCUT2D eigenvalue weighted by molar-refractivity contribution is -0.122. The van der Waals surface area contributed by atoms with Gasteiger partial charge in [-0.15, -0.1) is 0 Å². The highest BCUT2D eigenvalue weighted by Crippen LogP contribution is 2.24. The third-order valence-corrected chi connectivity index (χ3v) is 5.25. The van der Waals surface area contributed by atoms with Gasteiger partial charge in [-0.3, -0.25) is 4.79 Å². The number of carbonyl (C=O) groups is 1. The number of hydrogen-bond donors (Lipinski definition) is 2. The van der Waals surface area contributed by atoms with E-state index in [2.05, 4.69) is 60.0 Å². The molecule has 1 heterocycles. The van der Waals surface area contributed by atoms with Crippen LogP contribution in [0.3, 0.4) is 0 Å². The summed E-state index contributed by atoms with van der Waals surface area (Å²) in [6.07, 6.45) is 3.94. The molecule has 0 saturated carbocycles. The van der Waals surface area contributed by atoms with E-state index in [9.17, 15) is 4.79 Å². The zero-order valence-corrected chi connectivity index (χ0v) is 14.6. The zero-order valence-electron chi connectivity index (χ0n) is 14.6. The van der Waals surface area contributed by atoms with E-state index < -0.39 is 0 Å². The second-order valence-corrected chi connectivity index (χ2v) is 7.05. The van der Waals surface area contributed by atoms with E-state index >= 15 is 0 Å². The first kappa shape index (κ1) is 17.0. The quantitative estimate of drug-likeness (QED) is 0.853. The van der Waals surface area contributed by atoms with Crippen LogP contribution in [0.1, 0.15) is 31.7 Å². The first-order valence-electron chi connectivity index (χ1n) is 9.17. The normalized spacial score (nSPS) is 16.9. The van der Waals surface area contributed by atoms with Crippen molar-refractivity contribution in [1.29, 1.82) is 0 Å². The van der Waals surface area contributed by atoms with Crippen molar-refractivity contribution in [2.75, 3.05) is 19.6 Å². The molecular formula is C21H28N2O. The summed E-state index contributed by atoms with van der Waals surface area (Å²) in [6, 6.07) is 14.9. The summed E-state index contributed by atoms with van der Waals surface area (Å²) in [5.74, 6) is 1.37. The average molecular weight is 324 g/mol. The highest BCUT2D eigenvalue weighted by molar-refractivity contribution is 5.83. The minimum absolute atomic E-state index is 0.196. The predicted octanol–water partition coefficient (Wildman–Crippen LogP) is 3.52. The van der Waals surface area contributed by atoms with E-state index in [-0.39, 0.29) is 5.91 Å². The fourth-order valence-electron chi connectivity index (χ4n) is 3.69. The van der Waals surface area contributed by atoms with Gasteiger partial charge in [-0.05, 0) is 60.5 Å². The second-order valence-electron chi connectivity index (χ2n) is 7.05. The topological polar surface area (TPSA) is 41.1 Å². The standard InChI is InChI=1S/C21H28N2O/c1-16(18-9-11-22-12-10-18)14-21(24)23-13-8-17-6-7-19-4-2-3-5-20(19)15-17/h2-7,15-16,18,22H,8-14H2,1H3,(H,23,24). The van der Waals surface area contributed by atoms with Crippen LogP contribution in [-0.2, 0) is 11.2 Å². The van der Waals surface area contributed by atoms with Gasteiger partial charge in [0, 0.05) is 13.0 Å². The van der Waals surface area contributed by atoms with Gasteiger partial charge in [0.1, 0.15) is 0 Å². The SMILES string of the molecule is CC(CC(=O)NCCc1ccc2ccccc2c1)C1CCNCC1. The van der Waals surface area contributed by atoms with E-state index in [1.54, 1.807) is 0 Å². The number of amides is 1. The molecule has 0 bridgehead atoms. The van der Waals surface area contributed by atoms with Crippen LogP contribution in [0.2, 0.25) is 0 Å². The number of benzene rings is 2. The van der Waals surface area contributed by atoms with Crippen molar-refractivity contribution in [3.8, 4) is 0 Å². The molecule has 1 saturated heterocycles. The van der Waals surface area contributed by atoms with E-state index in [0.29, 0.717) is 18.3 Å². The lowest BCUT2D eigenvalue weighted by Crippen LogP contribution is -2.34. The lowest BCUT2D eigenvalue weighted by Gasteiger charge is -2.27. The molecule has 3 heteroatoms. The molecule has 1 unspecified atom stereocenters. The Morgan fingerprint density at radius 3 is 2.71 bits per heavy atom. The van der Waals surface area contributed by atoms with Crippen molar-refractivity contribution in [2.45, 2.75) is 32.6 Å². The van der Waals surface area contributed by atoms with Gasteiger partial charge in [0.05, 0.1) is 0 Å². The molecule has 2 N–H and O–H groups in total. The smallest absolute Gasteiger partial charge is 0.220 e. The summed E-state index contributed by atoms with van der Waals surface area (Å²) < 4.78 is 0. The van der Waals surface area contributed by atoms with Crippen LogP contribution in [0.5, 0.6) is 0 Å². The van der Waals surface area contributed by atoms with Gasteiger partial charge in [-0.1, -0.05) is 49.4 Å². The van der Waals surface area contributed by atoms with E-state index in [1.807, 2.05) is 0 Å². The maximum Gasteiger partial charge on any atom is 0.220 e. The molecule has 128 valence electrons. The van der Waals surface area contributed by atoms with Gasteiger partial charge < -0.3 is 10.6 Å². The molecule has 24 heavy (non-hydrogen) atoms. The molecule has 1 fully saturated rings. The van der Waals surface area contributed by atoms with Gasteiger partial charge in [0.2, 0.25) is 5.91 Å². The van der Waals surface area contributed by atoms with Gasteiger partial charge in [-0.2, -0.15) is 0 Å². The molecule has 3 nitrogen and oxygen atoms in total. The molecule has 2 aromatic carbocycles. The van der Waals surface area contributed by atoms with Crippen molar-refractivity contribution < 1.29 is 4.79 Å². The Kier molecular flexibility index (Phi) is 5.86. The number of nitrogens with one attached hydrogen (secondary N) is 2. The average Bonchev–Trinajstić information content (AvgIpc) is 2.62. The summed E-state index contributed by atoms with van der Waals surface area (Å²) in [7, 11) is 0. The summed E-state index contributed by atoms with van der Waals surface area (Å²) in [5, 5.41) is 9.01. The van der Waals surface area contributed by atoms with E-state index in [0.717, 1.165) is 26.1 Å². The molecule has 1 atom stereocenters. The van der Waals surface area contributed by atoms with Crippen LogP contribution in [0, 0.1) is 11.8 Å². The van der Waals surface area contributed by atoms with Crippen molar-refractivity contribution >= 4 is 16.7 Å². The van der Waals surface area contributed by atoms with Crippen molar-refractivity contribution in [1.82, 2.24) is 10.6 Å². The molecule has 0 spiro atoms. The fourth-order valence-corrected chi connectivity index (χ4v) is 3.69. The number of fused-ring (bicyclic) bond motifs is 1. The van der Waals surface area contributed by atoms with Crippen molar-refractivity contribution in [3.63, 3.8) is 0 Å². The summed E-state index contributed by atoms with van der Waals surface area (Å²) >= 11 is 0. The predicted molar refractivity (Wildman–Crippen MR) is 100 cm³/mol. The molecule has 1 aliphatic heterocycles. The molecule has 2 aromatic rings. The minimum Gasteiger partial charge on any atom is -0.356 e. The molecule has 0 radical (unpaired) electrons. The van der Waals surface area contributed by atoms with Crippen LogP contribution in [0.25, 0.3) is 10.8 Å². The van der Waals surface area contributed by atoms with Crippen molar-refractivity contribution in [2.24, 2.45) is 11.8 Å². The number of hydrogen-bond acceptors (Lipinski definition) is 2. The van der Waals surface area contributed by atoms with E-state index in [1.165, 1.54) is 29.2 Å². The largest absolute Gasteiger partial charge is 0.356 e. The van der Waals surface area contributed by atoms with Crippen LogP contribution >= 0.6 is 0 Å². The van der Waals surface area contributed by atoms with Crippen LogP contribution in [0.15, 0.2) is 42.5 Å². The minimum atomic E-state index is 0.196. The monoisotopic (exact) mass is 324 g/mol.